The Morgan fingerprint density at radius 3 is 2.81 bits per heavy atom. The molecule has 0 radical (unpaired) electrons. The van der Waals surface area contributed by atoms with Crippen LogP contribution in [0.5, 0.6) is 0 Å². The van der Waals surface area contributed by atoms with Gasteiger partial charge in [0.1, 0.15) is 5.82 Å². The van der Waals surface area contributed by atoms with Crippen LogP contribution in [-0.2, 0) is 0 Å². The average Bonchev–Trinajstić information content (AvgIpc) is 2.30. The van der Waals surface area contributed by atoms with Gasteiger partial charge in [-0.3, -0.25) is 0 Å². The van der Waals surface area contributed by atoms with Crippen molar-refractivity contribution in [3.8, 4) is 0 Å². The van der Waals surface area contributed by atoms with Gasteiger partial charge in [-0.15, -0.1) is 0 Å². The lowest BCUT2D eigenvalue weighted by Crippen LogP contribution is -2.44. The van der Waals surface area contributed by atoms with Crippen molar-refractivity contribution >= 4 is 23.4 Å². The van der Waals surface area contributed by atoms with Gasteiger partial charge in [0, 0.05) is 32.4 Å². The third-order valence-electron chi connectivity index (χ3n) is 2.52. The average molecular weight is 242 g/mol. The summed E-state index contributed by atoms with van der Waals surface area (Å²) in [5.41, 5.74) is 0.102. The molecule has 0 aromatic carbocycles. The first-order valence-electron chi connectivity index (χ1n) is 5.03. The number of carboxylic acid groups (broad SMARTS) is 1. The molecule has 1 aromatic heterocycles. The molecule has 0 unspecified atom stereocenters. The number of nitrogens with one attached hydrogen (secondary N) is 1. The van der Waals surface area contributed by atoms with E-state index < -0.39 is 5.97 Å². The van der Waals surface area contributed by atoms with Crippen LogP contribution in [0.2, 0.25) is 5.02 Å². The van der Waals surface area contributed by atoms with E-state index >= 15 is 0 Å². The Balaban J connectivity index is 2.33. The number of aromatic nitrogens is 1. The van der Waals surface area contributed by atoms with E-state index in [1.165, 1.54) is 12.3 Å². The minimum Gasteiger partial charge on any atom is -0.478 e. The molecular formula is C10H12ClN3O2. The fourth-order valence-electron chi connectivity index (χ4n) is 1.69. The topological polar surface area (TPSA) is 65.5 Å². The number of pyridine rings is 1. The zero-order chi connectivity index (χ0) is 11.5. The fraction of sp³-hybridized carbons (Fsp3) is 0.400. The zero-order valence-corrected chi connectivity index (χ0v) is 9.37. The van der Waals surface area contributed by atoms with Crippen molar-refractivity contribution in [3.63, 3.8) is 0 Å². The van der Waals surface area contributed by atoms with Crippen LogP contribution in [0, 0.1) is 0 Å². The lowest BCUT2D eigenvalue weighted by molar-refractivity contribution is 0.0697. The first kappa shape index (κ1) is 11.2. The van der Waals surface area contributed by atoms with Crippen molar-refractivity contribution in [2.45, 2.75) is 0 Å². The summed E-state index contributed by atoms with van der Waals surface area (Å²) in [6, 6.07) is 1.41. The van der Waals surface area contributed by atoms with Gasteiger partial charge < -0.3 is 15.3 Å². The molecule has 86 valence electrons. The Hall–Kier alpha value is -1.33. The third kappa shape index (κ3) is 2.10. The molecule has 5 nitrogen and oxygen atoms in total. The summed E-state index contributed by atoms with van der Waals surface area (Å²) in [6.07, 6.45) is 1.48. The quantitative estimate of drug-likeness (QED) is 0.804. The number of aromatic carboxylic acids is 1. The van der Waals surface area contributed by atoms with Crippen molar-refractivity contribution in [2.24, 2.45) is 0 Å². The van der Waals surface area contributed by atoms with Gasteiger partial charge in [0.15, 0.2) is 0 Å². The fourth-order valence-corrected chi connectivity index (χ4v) is 2.01. The molecule has 1 aliphatic rings. The van der Waals surface area contributed by atoms with Gasteiger partial charge in [-0.1, -0.05) is 11.6 Å². The van der Waals surface area contributed by atoms with Crippen LogP contribution in [0.25, 0.3) is 0 Å². The SMILES string of the molecule is O=C(O)c1ccnc(N2CCNCC2)c1Cl. The van der Waals surface area contributed by atoms with Gasteiger partial charge in [-0.2, -0.15) is 0 Å². The number of carboxylic acids is 1. The van der Waals surface area contributed by atoms with Gasteiger partial charge in [0.25, 0.3) is 0 Å². The van der Waals surface area contributed by atoms with Gasteiger partial charge in [-0.05, 0) is 6.07 Å². The summed E-state index contributed by atoms with van der Waals surface area (Å²) < 4.78 is 0. The summed E-state index contributed by atoms with van der Waals surface area (Å²) in [5.74, 6) is -0.466. The van der Waals surface area contributed by atoms with Crippen LogP contribution < -0.4 is 10.2 Å². The first-order chi connectivity index (χ1) is 7.70. The largest absolute Gasteiger partial charge is 0.478 e. The van der Waals surface area contributed by atoms with Crippen molar-refractivity contribution in [1.29, 1.82) is 0 Å². The van der Waals surface area contributed by atoms with E-state index in [1.807, 2.05) is 4.90 Å². The van der Waals surface area contributed by atoms with Gasteiger partial charge >= 0.3 is 5.97 Å². The number of anilines is 1. The Morgan fingerprint density at radius 2 is 2.19 bits per heavy atom. The zero-order valence-electron chi connectivity index (χ0n) is 8.61. The Kier molecular flexibility index (Phi) is 3.26. The molecule has 1 aliphatic heterocycles. The second-order valence-corrected chi connectivity index (χ2v) is 3.92. The van der Waals surface area contributed by atoms with Crippen LogP contribution in [0.15, 0.2) is 12.3 Å². The van der Waals surface area contributed by atoms with Crippen LogP contribution >= 0.6 is 11.6 Å². The number of halogens is 1. The summed E-state index contributed by atoms with van der Waals surface area (Å²) >= 11 is 6.03. The molecule has 1 aromatic rings. The van der Waals surface area contributed by atoms with Gasteiger partial charge in [-0.25, -0.2) is 9.78 Å². The third-order valence-corrected chi connectivity index (χ3v) is 2.89. The smallest absolute Gasteiger partial charge is 0.337 e. The number of nitrogens with zero attached hydrogens (tertiary/aromatic N) is 2. The monoisotopic (exact) mass is 241 g/mol. The van der Waals surface area contributed by atoms with E-state index in [0.717, 1.165) is 26.2 Å². The summed E-state index contributed by atoms with van der Waals surface area (Å²) in [4.78, 5) is 17.1. The summed E-state index contributed by atoms with van der Waals surface area (Å²) in [6.45, 7) is 3.29. The summed E-state index contributed by atoms with van der Waals surface area (Å²) in [5, 5.41) is 12.4. The predicted octanol–water partition coefficient (Wildman–Crippen LogP) is 0.843. The Morgan fingerprint density at radius 1 is 1.50 bits per heavy atom. The molecule has 0 bridgehead atoms. The molecule has 2 rings (SSSR count). The van der Waals surface area contributed by atoms with Crippen molar-refractivity contribution in [2.75, 3.05) is 31.1 Å². The van der Waals surface area contributed by atoms with Gasteiger partial charge in [0.2, 0.25) is 0 Å². The highest BCUT2D eigenvalue weighted by Crippen LogP contribution is 2.26. The number of piperazine rings is 1. The molecule has 6 heteroatoms. The lowest BCUT2D eigenvalue weighted by Gasteiger charge is -2.29. The van der Waals surface area contributed by atoms with Crippen LogP contribution in [0.1, 0.15) is 10.4 Å². The number of carbonyl (C=O) groups is 1. The molecule has 0 atom stereocenters. The first-order valence-corrected chi connectivity index (χ1v) is 5.41. The molecule has 1 saturated heterocycles. The molecule has 0 amide bonds. The van der Waals surface area contributed by atoms with Gasteiger partial charge in [0.05, 0.1) is 10.6 Å². The second kappa shape index (κ2) is 4.67. The molecule has 16 heavy (non-hydrogen) atoms. The number of hydrogen-bond donors (Lipinski definition) is 2. The van der Waals surface area contributed by atoms with E-state index in [0.29, 0.717) is 5.82 Å². The van der Waals surface area contributed by atoms with Crippen LogP contribution in [0.4, 0.5) is 5.82 Å². The van der Waals surface area contributed by atoms with Crippen molar-refractivity contribution in [3.05, 3.63) is 22.8 Å². The maximum atomic E-state index is 10.9. The molecule has 0 saturated carbocycles. The molecule has 0 aliphatic carbocycles. The number of rotatable bonds is 2. The maximum Gasteiger partial charge on any atom is 0.337 e. The molecule has 1 fully saturated rings. The molecule has 2 N–H and O–H groups in total. The highest BCUT2D eigenvalue weighted by atomic mass is 35.5. The summed E-state index contributed by atoms with van der Waals surface area (Å²) in [7, 11) is 0. The minimum absolute atomic E-state index is 0.102. The van der Waals surface area contributed by atoms with E-state index in [9.17, 15) is 4.79 Å². The molecule has 2 heterocycles. The molecular weight excluding hydrogens is 230 g/mol. The minimum atomic E-state index is -1.02. The van der Waals surface area contributed by atoms with Crippen LogP contribution in [0.3, 0.4) is 0 Å². The van der Waals surface area contributed by atoms with Crippen molar-refractivity contribution < 1.29 is 9.90 Å². The highest BCUT2D eigenvalue weighted by Gasteiger charge is 2.19. The van der Waals surface area contributed by atoms with E-state index in [4.69, 9.17) is 16.7 Å². The van der Waals surface area contributed by atoms with Crippen molar-refractivity contribution in [1.82, 2.24) is 10.3 Å². The number of hydrogen-bond acceptors (Lipinski definition) is 4. The van der Waals surface area contributed by atoms with Crippen LogP contribution in [-0.4, -0.2) is 42.2 Å². The standard InChI is InChI=1S/C10H12ClN3O2/c11-8-7(10(15)16)1-2-13-9(8)14-5-3-12-4-6-14/h1-2,12H,3-6H2,(H,15,16). The molecule has 0 spiro atoms. The second-order valence-electron chi connectivity index (χ2n) is 3.54. The normalized spacial score (nSPS) is 16.2. The lowest BCUT2D eigenvalue weighted by atomic mass is 10.2. The predicted molar refractivity (Wildman–Crippen MR) is 61.3 cm³/mol. The Labute approximate surface area is 98.0 Å². The van der Waals surface area contributed by atoms with E-state index in [2.05, 4.69) is 10.3 Å². The van der Waals surface area contributed by atoms with E-state index in [1.54, 1.807) is 0 Å². The van der Waals surface area contributed by atoms with E-state index in [-0.39, 0.29) is 10.6 Å². The highest BCUT2D eigenvalue weighted by molar-refractivity contribution is 6.35. The Bertz CT molecular complexity index is 405. The maximum absolute atomic E-state index is 10.9.